The monoisotopic (exact) mass is 558 g/mol. The van der Waals surface area contributed by atoms with Crippen LogP contribution in [-0.4, -0.2) is 50.2 Å². The molecular weight excluding hydrogens is 516 g/mol. The van der Waals surface area contributed by atoms with Gasteiger partial charge >= 0.3 is 5.97 Å². The number of rotatable bonds is 3. The van der Waals surface area contributed by atoms with E-state index in [0.717, 1.165) is 46.0 Å². The fourth-order valence-electron chi connectivity index (χ4n) is 4.99. The van der Waals surface area contributed by atoms with Crippen molar-refractivity contribution in [3.8, 4) is 10.6 Å². The Kier molecular flexibility index (Phi) is 10.4. The van der Waals surface area contributed by atoms with Crippen LogP contribution in [0.1, 0.15) is 84.3 Å². The minimum atomic E-state index is -1.25. The Bertz CT molecular complexity index is 1200. The van der Waals surface area contributed by atoms with Gasteiger partial charge in [0, 0.05) is 12.3 Å². The minimum absolute atomic E-state index is 0.0685. The first kappa shape index (κ1) is 30.9. The summed E-state index contributed by atoms with van der Waals surface area (Å²) in [5.74, 6) is -1.59. The molecule has 1 aliphatic rings. The number of Topliss-reactive ketones (excluding diaryl/α,β-unsaturated/α-hetero) is 1. The van der Waals surface area contributed by atoms with Gasteiger partial charge in [-0.1, -0.05) is 39.3 Å². The van der Waals surface area contributed by atoms with Crippen molar-refractivity contribution in [3.63, 3.8) is 0 Å². The van der Waals surface area contributed by atoms with Crippen LogP contribution in [0, 0.1) is 24.2 Å². The number of ether oxygens (including phenoxy) is 1. The maximum absolute atomic E-state index is 13.3. The lowest BCUT2D eigenvalue weighted by Gasteiger charge is -2.34. The number of aryl methyl sites for hydroxylation is 1. The van der Waals surface area contributed by atoms with Gasteiger partial charge in [0.1, 0.15) is 23.8 Å². The first-order valence-electron chi connectivity index (χ1n) is 13.6. The molecule has 2 N–H and O–H groups in total. The Labute approximate surface area is 235 Å². The van der Waals surface area contributed by atoms with Crippen LogP contribution in [0.2, 0.25) is 0 Å². The molecule has 214 valence electrons. The Morgan fingerprint density at radius 2 is 1.92 bits per heavy atom. The number of carbonyl (C=O) groups is 2. The zero-order valence-electron chi connectivity index (χ0n) is 24.1. The molecule has 0 amide bonds. The minimum Gasteiger partial charge on any atom is -0.457 e. The van der Waals surface area contributed by atoms with Gasteiger partial charge in [0.05, 0.1) is 39.6 Å². The highest BCUT2D eigenvalue weighted by Gasteiger charge is 2.42. The number of esters is 1. The Morgan fingerprint density at radius 3 is 2.59 bits per heavy atom. The van der Waals surface area contributed by atoms with Crippen molar-refractivity contribution in [3.05, 3.63) is 40.6 Å². The van der Waals surface area contributed by atoms with Crippen molar-refractivity contribution in [2.45, 2.75) is 98.9 Å². The van der Waals surface area contributed by atoms with Gasteiger partial charge in [0.2, 0.25) is 0 Å². The van der Waals surface area contributed by atoms with Crippen LogP contribution < -0.4 is 0 Å². The summed E-state index contributed by atoms with van der Waals surface area (Å²) >= 11 is 1.51. The van der Waals surface area contributed by atoms with E-state index in [4.69, 9.17) is 9.15 Å². The second-order valence-corrected chi connectivity index (χ2v) is 12.6. The topological polar surface area (TPSA) is 123 Å². The number of ketones is 1. The van der Waals surface area contributed by atoms with Crippen LogP contribution in [0.25, 0.3) is 16.6 Å². The van der Waals surface area contributed by atoms with Crippen molar-refractivity contribution in [1.82, 2.24) is 9.97 Å². The van der Waals surface area contributed by atoms with Gasteiger partial charge in [0.25, 0.3) is 0 Å². The van der Waals surface area contributed by atoms with E-state index in [9.17, 15) is 19.8 Å². The first-order valence-corrected chi connectivity index (χ1v) is 14.4. The highest BCUT2D eigenvalue weighted by atomic mass is 32.1. The fourth-order valence-corrected chi connectivity index (χ4v) is 5.84. The van der Waals surface area contributed by atoms with Crippen LogP contribution in [0.3, 0.4) is 0 Å². The lowest BCUT2D eigenvalue weighted by molar-refractivity contribution is -0.154. The molecule has 0 unspecified atom stereocenters. The molecule has 0 radical (unpaired) electrons. The summed E-state index contributed by atoms with van der Waals surface area (Å²) in [4.78, 5) is 36.1. The molecule has 0 saturated heterocycles. The summed E-state index contributed by atoms with van der Waals surface area (Å²) in [6.45, 7) is 12.8. The number of hydrogen-bond donors (Lipinski definition) is 2. The van der Waals surface area contributed by atoms with Gasteiger partial charge in [-0.3, -0.25) is 9.59 Å². The SMILES string of the molecule is C/C1=C/C[C@@H](/C(C)=C/c2nc(C)sc2-c2cocn2)OC(=O)C[C@H](O)C(C)(C)C(=O)[C@H](C)[C@@H](O)[C@@H](C)CCC1. The summed E-state index contributed by atoms with van der Waals surface area (Å²) in [6.07, 6.45) is 6.92. The summed E-state index contributed by atoms with van der Waals surface area (Å²) in [7, 11) is 0. The smallest absolute Gasteiger partial charge is 0.309 e. The molecule has 2 aromatic heterocycles. The van der Waals surface area contributed by atoms with Gasteiger partial charge in [-0.25, -0.2) is 9.97 Å². The Hall–Kier alpha value is -2.62. The van der Waals surface area contributed by atoms with Gasteiger partial charge in [-0.15, -0.1) is 11.3 Å². The highest BCUT2D eigenvalue weighted by molar-refractivity contribution is 7.15. The molecule has 5 atom stereocenters. The molecule has 0 bridgehead atoms. The van der Waals surface area contributed by atoms with Crippen molar-refractivity contribution in [1.29, 1.82) is 0 Å². The third-order valence-corrected chi connectivity index (χ3v) is 8.83. The van der Waals surface area contributed by atoms with Crippen LogP contribution in [-0.2, 0) is 14.3 Å². The molecular formula is C30H42N2O6S. The van der Waals surface area contributed by atoms with Crippen molar-refractivity contribution < 1.29 is 29.0 Å². The maximum Gasteiger partial charge on any atom is 0.309 e. The summed E-state index contributed by atoms with van der Waals surface area (Å²) in [5.41, 5.74) is 2.15. The molecule has 0 spiro atoms. The number of hydrogen-bond acceptors (Lipinski definition) is 9. The summed E-state index contributed by atoms with van der Waals surface area (Å²) in [5, 5.41) is 22.7. The van der Waals surface area contributed by atoms with Crippen molar-refractivity contribution in [2.75, 3.05) is 0 Å². The van der Waals surface area contributed by atoms with Gasteiger partial charge < -0.3 is 19.4 Å². The lowest BCUT2D eigenvalue weighted by atomic mass is 9.73. The van der Waals surface area contributed by atoms with E-state index in [1.165, 1.54) is 17.7 Å². The van der Waals surface area contributed by atoms with E-state index in [0.29, 0.717) is 12.1 Å². The second-order valence-electron chi connectivity index (χ2n) is 11.4. The zero-order chi connectivity index (χ0) is 28.9. The molecule has 0 fully saturated rings. The van der Waals surface area contributed by atoms with E-state index < -0.39 is 35.6 Å². The third-order valence-electron chi connectivity index (χ3n) is 7.82. The predicted molar refractivity (Wildman–Crippen MR) is 152 cm³/mol. The average molecular weight is 559 g/mol. The van der Waals surface area contributed by atoms with Gasteiger partial charge in [-0.2, -0.15) is 0 Å². The van der Waals surface area contributed by atoms with Crippen LogP contribution >= 0.6 is 11.3 Å². The van der Waals surface area contributed by atoms with Crippen LogP contribution in [0.4, 0.5) is 0 Å². The van der Waals surface area contributed by atoms with Crippen LogP contribution in [0.15, 0.2) is 34.3 Å². The number of cyclic esters (lactones) is 1. The number of thiazole rings is 1. The van der Waals surface area contributed by atoms with E-state index in [1.807, 2.05) is 33.8 Å². The summed E-state index contributed by atoms with van der Waals surface area (Å²) < 4.78 is 11.1. The van der Waals surface area contributed by atoms with E-state index in [1.54, 1.807) is 27.0 Å². The molecule has 2 aromatic rings. The number of aliphatic hydroxyl groups excluding tert-OH is 2. The van der Waals surface area contributed by atoms with E-state index in [-0.39, 0.29) is 18.1 Å². The zero-order valence-corrected chi connectivity index (χ0v) is 24.9. The molecule has 0 aliphatic carbocycles. The number of oxazole rings is 1. The number of allylic oxidation sites excluding steroid dienone is 1. The molecule has 39 heavy (non-hydrogen) atoms. The van der Waals surface area contributed by atoms with Gasteiger partial charge in [0.15, 0.2) is 6.39 Å². The molecule has 0 aromatic carbocycles. The maximum atomic E-state index is 13.3. The Morgan fingerprint density at radius 1 is 1.21 bits per heavy atom. The van der Waals surface area contributed by atoms with Crippen molar-refractivity contribution in [2.24, 2.45) is 17.3 Å². The van der Waals surface area contributed by atoms with Gasteiger partial charge in [-0.05, 0) is 57.6 Å². The van der Waals surface area contributed by atoms with E-state index >= 15 is 0 Å². The second kappa shape index (κ2) is 13.2. The number of nitrogens with zero attached hydrogens (tertiary/aromatic N) is 2. The molecule has 3 rings (SSSR count). The standard InChI is InChI=1S/C30H42N2O6S/c1-17-9-8-10-18(2)27(35)20(4)29(36)30(6,7)25(33)14-26(34)38-24(12-11-17)19(3)13-22-28(39-21(5)32-22)23-15-37-16-31-23/h11,13,15-16,18,20,24-25,27,33,35H,8-10,12,14H2,1-7H3/b17-11-,19-13+/t18-,20+,24-,25-,27-/m0/s1. The highest BCUT2D eigenvalue weighted by Crippen LogP contribution is 2.34. The van der Waals surface area contributed by atoms with E-state index in [2.05, 4.69) is 16.0 Å². The third kappa shape index (κ3) is 7.74. The lowest BCUT2D eigenvalue weighted by Crippen LogP contribution is -2.45. The fraction of sp³-hybridized carbons (Fsp3) is 0.600. The number of aliphatic hydroxyl groups is 2. The molecule has 3 heterocycles. The first-order chi connectivity index (χ1) is 18.3. The quantitative estimate of drug-likeness (QED) is 0.351. The molecule has 0 saturated carbocycles. The molecule has 9 heteroatoms. The summed E-state index contributed by atoms with van der Waals surface area (Å²) in [6, 6.07) is 0. The van der Waals surface area contributed by atoms with Crippen molar-refractivity contribution >= 4 is 29.2 Å². The predicted octanol–water partition coefficient (Wildman–Crippen LogP) is 5.92. The number of carbonyl (C=O) groups excluding carboxylic acids is 2. The Balaban J connectivity index is 1.92. The molecule has 1 aliphatic heterocycles. The van der Waals surface area contributed by atoms with Crippen LogP contribution in [0.5, 0.6) is 0 Å². The average Bonchev–Trinajstić information content (AvgIpc) is 3.53. The molecule has 8 nitrogen and oxygen atoms in total. The largest absolute Gasteiger partial charge is 0.457 e. The number of aromatic nitrogens is 2. The normalized spacial score (nSPS) is 29.5.